The van der Waals surface area contributed by atoms with Crippen molar-refractivity contribution in [3.8, 4) is 0 Å². The average molecular weight is 716 g/mol. The van der Waals surface area contributed by atoms with Crippen molar-refractivity contribution in [3.05, 3.63) is 24.3 Å². The Kier molecular flexibility index (Phi) is 26.7. The van der Waals surface area contributed by atoms with E-state index in [9.17, 15) is 19.4 Å². The number of phosphoric acid groups is 1. The molecular formula is C39H76N2O7P+. The third kappa shape index (κ3) is 28.2. The first-order valence-electron chi connectivity index (χ1n) is 19.8. The molecule has 1 aliphatic rings. The van der Waals surface area contributed by atoms with E-state index in [4.69, 9.17) is 13.8 Å². The number of ether oxygens (including phenoxy) is 1. The first kappa shape index (κ1) is 46.0. The number of unbranched alkanes of at least 4 members (excludes halogenated alkanes) is 16. The molecule has 0 aromatic rings. The fourth-order valence-electron chi connectivity index (χ4n) is 5.75. The van der Waals surface area contributed by atoms with Gasteiger partial charge in [-0.05, 0) is 44.9 Å². The van der Waals surface area contributed by atoms with E-state index in [0.29, 0.717) is 29.7 Å². The van der Waals surface area contributed by atoms with Gasteiger partial charge >= 0.3 is 7.82 Å². The van der Waals surface area contributed by atoms with E-state index >= 15 is 0 Å². The van der Waals surface area contributed by atoms with Gasteiger partial charge in [0.2, 0.25) is 5.91 Å². The lowest BCUT2D eigenvalue weighted by molar-refractivity contribution is -0.870. The van der Waals surface area contributed by atoms with Crippen molar-refractivity contribution in [1.29, 1.82) is 0 Å². The summed E-state index contributed by atoms with van der Waals surface area (Å²) < 4.78 is 29.3. The van der Waals surface area contributed by atoms with E-state index in [1.165, 1.54) is 70.6 Å². The Morgan fingerprint density at radius 2 is 1.37 bits per heavy atom. The molecule has 0 spiro atoms. The van der Waals surface area contributed by atoms with Crippen molar-refractivity contribution in [2.45, 2.75) is 179 Å². The third-order valence-electron chi connectivity index (χ3n) is 9.09. The van der Waals surface area contributed by atoms with Crippen molar-refractivity contribution in [3.63, 3.8) is 0 Å². The van der Waals surface area contributed by atoms with Gasteiger partial charge in [0.05, 0.1) is 52.1 Å². The van der Waals surface area contributed by atoms with Gasteiger partial charge in [0.15, 0.2) is 0 Å². The number of amides is 1. The maximum atomic E-state index is 12.8. The van der Waals surface area contributed by atoms with Crippen molar-refractivity contribution >= 4 is 13.7 Å². The van der Waals surface area contributed by atoms with Gasteiger partial charge < -0.3 is 24.5 Å². The summed E-state index contributed by atoms with van der Waals surface area (Å²) in [4.78, 5) is 23.0. The molecule has 0 aromatic heterocycles. The maximum absolute atomic E-state index is 12.8. The summed E-state index contributed by atoms with van der Waals surface area (Å²) in [6.45, 7) is 4.73. The van der Waals surface area contributed by atoms with Crippen LogP contribution in [0, 0.1) is 0 Å². The number of quaternary nitrogens is 1. The van der Waals surface area contributed by atoms with Gasteiger partial charge in [0.1, 0.15) is 13.2 Å². The zero-order valence-corrected chi connectivity index (χ0v) is 33.0. The van der Waals surface area contributed by atoms with Crippen LogP contribution < -0.4 is 5.32 Å². The molecule has 1 fully saturated rings. The van der Waals surface area contributed by atoms with Crippen molar-refractivity contribution in [2.75, 3.05) is 40.9 Å². The number of nitrogens with zero attached hydrogens (tertiary/aromatic N) is 1. The number of carbonyl (C=O) groups is 1. The lowest BCUT2D eigenvalue weighted by Gasteiger charge is -2.25. The SMILES string of the molecule is CCCCC/C=C\CC1OC1CCCCCCCC(=O)N[C@@H](COP(=O)(O)OCC[N+](C)(C)C)[C@H](O)/C=C/CCCCCCCCCCC. The Bertz CT molecular complexity index is 924. The van der Waals surface area contributed by atoms with Crippen LogP contribution in [0.1, 0.15) is 155 Å². The van der Waals surface area contributed by atoms with Crippen LogP contribution >= 0.6 is 7.82 Å². The fourth-order valence-corrected chi connectivity index (χ4v) is 6.49. The van der Waals surface area contributed by atoms with Gasteiger partial charge in [-0.3, -0.25) is 13.8 Å². The Morgan fingerprint density at radius 1 is 0.796 bits per heavy atom. The number of epoxide rings is 1. The number of carbonyl (C=O) groups excluding carboxylic acids is 1. The van der Waals surface area contributed by atoms with Crippen LogP contribution in [-0.4, -0.2) is 85.6 Å². The number of aliphatic hydroxyl groups excluding tert-OH is 1. The number of nitrogens with one attached hydrogen (secondary N) is 1. The fraction of sp³-hybridized carbons (Fsp3) is 0.872. The summed E-state index contributed by atoms with van der Waals surface area (Å²) in [6.07, 6.45) is 32.5. The molecule has 1 amide bonds. The molecule has 1 heterocycles. The smallest absolute Gasteiger partial charge is 0.387 e. The molecule has 288 valence electrons. The predicted octanol–water partition coefficient (Wildman–Crippen LogP) is 9.17. The summed E-state index contributed by atoms with van der Waals surface area (Å²) in [5.74, 6) is -0.198. The largest absolute Gasteiger partial charge is 0.472 e. The monoisotopic (exact) mass is 716 g/mol. The minimum absolute atomic E-state index is 0.0559. The standard InChI is InChI=1S/C39H75N2O7P/c1-6-8-10-12-14-15-16-17-18-20-24-28-36(42)35(34-47-49(44,45)46-33-32-41(3,4)5)40-39(43)31-27-23-19-22-26-30-38-37(48-38)29-25-21-13-11-9-7-2/h21,24-25,28,35-38,42H,6-20,22-23,26-27,29-34H2,1-5H3,(H-,40,43,44,45)/p+1/b25-21-,28-24+/t35-,36+,37?,38?/m0/s1. The Labute approximate surface area is 300 Å². The Hall–Kier alpha value is -1.06. The maximum Gasteiger partial charge on any atom is 0.472 e. The molecule has 1 aliphatic heterocycles. The summed E-state index contributed by atoms with van der Waals surface area (Å²) in [5.41, 5.74) is 0. The average Bonchev–Trinajstić information content (AvgIpc) is 3.80. The van der Waals surface area contributed by atoms with E-state index < -0.39 is 20.0 Å². The molecule has 1 saturated heterocycles. The highest BCUT2D eigenvalue weighted by atomic mass is 31.2. The first-order valence-corrected chi connectivity index (χ1v) is 21.3. The molecule has 10 heteroatoms. The van der Waals surface area contributed by atoms with Crippen LogP contribution in [0.4, 0.5) is 0 Å². The van der Waals surface area contributed by atoms with Gasteiger partial charge in [-0.15, -0.1) is 0 Å². The third-order valence-corrected chi connectivity index (χ3v) is 10.1. The molecule has 0 aliphatic carbocycles. The molecule has 49 heavy (non-hydrogen) atoms. The van der Waals surface area contributed by atoms with E-state index in [0.717, 1.165) is 64.2 Å². The van der Waals surface area contributed by atoms with Gasteiger partial charge in [-0.25, -0.2) is 4.57 Å². The number of hydrogen-bond acceptors (Lipinski definition) is 6. The molecule has 0 bridgehead atoms. The molecule has 0 saturated carbocycles. The quantitative estimate of drug-likeness (QED) is 0.0200. The van der Waals surface area contributed by atoms with Crippen LogP contribution in [0.2, 0.25) is 0 Å². The van der Waals surface area contributed by atoms with Crippen LogP contribution in [0.3, 0.4) is 0 Å². The number of allylic oxidation sites excluding steroid dienone is 2. The lowest BCUT2D eigenvalue weighted by atomic mass is 10.1. The highest BCUT2D eigenvalue weighted by Crippen LogP contribution is 2.43. The zero-order chi connectivity index (χ0) is 36.2. The number of aliphatic hydroxyl groups is 1. The number of likely N-dealkylation sites (N-methyl/N-ethyl adjacent to an activating group) is 1. The molecule has 0 radical (unpaired) electrons. The number of phosphoric ester groups is 1. The molecule has 1 rings (SSSR count). The van der Waals surface area contributed by atoms with Crippen LogP contribution in [0.5, 0.6) is 0 Å². The normalized spacial score (nSPS) is 19.0. The van der Waals surface area contributed by atoms with E-state index in [1.807, 2.05) is 27.2 Å². The second-order valence-electron chi connectivity index (χ2n) is 15.0. The zero-order valence-electron chi connectivity index (χ0n) is 32.1. The van der Waals surface area contributed by atoms with E-state index in [-0.39, 0.29) is 19.1 Å². The highest BCUT2D eigenvalue weighted by molar-refractivity contribution is 7.47. The molecule has 3 N–H and O–H groups in total. The summed E-state index contributed by atoms with van der Waals surface area (Å²) >= 11 is 0. The second-order valence-corrected chi connectivity index (χ2v) is 16.5. The van der Waals surface area contributed by atoms with Gasteiger partial charge in [-0.2, -0.15) is 0 Å². The van der Waals surface area contributed by atoms with Crippen molar-refractivity contribution in [2.24, 2.45) is 0 Å². The van der Waals surface area contributed by atoms with Gasteiger partial charge in [-0.1, -0.05) is 128 Å². The van der Waals surface area contributed by atoms with Crippen molar-refractivity contribution in [1.82, 2.24) is 5.32 Å². The van der Waals surface area contributed by atoms with Crippen molar-refractivity contribution < 1.29 is 37.6 Å². The van der Waals surface area contributed by atoms with Crippen LogP contribution in [-0.2, 0) is 23.1 Å². The highest BCUT2D eigenvalue weighted by Gasteiger charge is 2.36. The van der Waals surface area contributed by atoms with Gasteiger partial charge in [0.25, 0.3) is 0 Å². The van der Waals surface area contributed by atoms with E-state index in [1.54, 1.807) is 6.08 Å². The minimum Gasteiger partial charge on any atom is -0.387 e. The summed E-state index contributed by atoms with van der Waals surface area (Å²) in [5, 5.41) is 13.7. The molecule has 0 aromatic carbocycles. The molecule has 9 nitrogen and oxygen atoms in total. The van der Waals surface area contributed by atoms with Crippen LogP contribution in [0.25, 0.3) is 0 Å². The topological polar surface area (TPSA) is 118 Å². The molecule has 5 atom stereocenters. The number of hydrogen-bond donors (Lipinski definition) is 3. The number of rotatable bonds is 34. The summed E-state index contributed by atoms with van der Waals surface area (Å²) in [6, 6.07) is -0.855. The molecule has 3 unspecified atom stereocenters. The Morgan fingerprint density at radius 3 is 2.04 bits per heavy atom. The summed E-state index contributed by atoms with van der Waals surface area (Å²) in [7, 11) is 1.55. The lowest BCUT2D eigenvalue weighted by Crippen LogP contribution is -2.45. The van der Waals surface area contributed by atoms with E-state index in [2.05, 4.69) is 31.3 Å². The van der Waals surface area contributed by atoms with Crippen LogP contribution in [0.15, 0.2) is 24.3 Å². The van der Waals surface area contributed by atoms with Gasteiger partial charge in [0, 0.05) is 6.42 Å². The molecular weight excluding hydrogens is 639 g/mol. The Balaban J connectivity index is 2.37. The predicted molar refractivity (Wildman–Crippen MR) is 202 cm³/mol. The first-order chi connectivity index (χ1) is 23.5. The second kappa shape index (κ2) is 28.5. The minimum atomic E-state index is -4.34.